The lowest BCUT2D eigenvalue weighted by molar-refractivity contribution is -0.131. The smallest absolute Gasteiger partial charge is 0.328 e. The first-order valence-electron chi connectivity index (χ1n) is 5.41. The summed E-state index contributed by atoms with van der Waals surface area (Å²) in [5.74, 6) is 0.806. The van der Waals surface area contributed by atoms with Crippen LogP contribution in [0.25, 0.3) is 6.08 Å². The molecule has 4 heteroatoms. The molecule has 0 aliphatic rings. The molecule has 0 atom stereocenters. The van der Waals surface area contributed by atoms with Gasteiger partial charge in [-0.2, -0.15) is 11.8 Å². The van der Waals surface area contributed by atoms with Crippen molar-refractivity contribution in [1.29, 1.82) is 0 Å². The van der Waals surface area contributed by atoms with Crippen LogP contribution in [0.5, 0.6) is 0 Å². The summed E-state index contributed by atoms with van der Waals surface area (Å²) in [5.41, 5.74) is 2.05. The molecule has 92 valence electrons. The van der Waals surface area contributed by atoms with Gasteiger partial charge < -0.3 is 10.2 Å². The molecule has 0 aliphatic heterocycles. The number of carbonyl (C=O) groups is 1. The molecule has 0 bridgehead atoms. The van der Waals surface area contributed by atoms with E-state index < -0.39 is 5.97 Å². The molecule has 0 aromatic heterocycles. The van der Waals surface area contributed by atoms with Gasteiger partial charge in [0.25, 0.3) is 0 Å². The number of carboxylic acid groups (broad SMARTS) is 1. The number of thioether (sulfide) groups is 1. The van der Waals surface area contributed by atoms with Gasteiger partial charge in [-0.1, -0.05) is 24.3 Å². The standard InChI is InChI=1S/C13H16O3S/c14-8-3-9-17-10-12-5-2-1-4-11(12)6-7-13(15)16/h1-2,4-7,14H,3,8-10H2,(H,15,16). The summed E-state index contributed by atoms with van der Waals surface area (Å²) in [6, 6.07) is 7.73. The second-order valence-electron chi connectivity index (χ2n) is 3.50. The number of hydrogen-bond acceptors (Lipinski definition) is 3. The van der Waals surface area contributed by atoms with Gasteiger partial charge in [0.1, 0.15) is 0 Å². The largest absolute Gasteiger partial charge is 0.478 e. The van der Waals surface area contributed by atoms with Crippen LogP contribution < -0.4 is 0 Å². The van der Waals surface area contributed by atoms with E-state index in [2.05, 4.69) is 0 Å². The van der Waals surface area contributed by atoms with Crippen LogP contribution in [-0.2, 0) is 10.5 Å². The first-order chi connectivity index (χ1) is 8.24. The van der Waals surface area contributed by atoms with E-state index in [1.807, 2.05) is 24.3 Å². The Morgan fingerprint density at radius 1 is 1.35 bits per heavy atom. The lowest BCUT2D eigenvalue weighted by Crippen LogP contribution is -1.91. The minimum absolute atomic E-state index is 0.216. The SMILES string of the molecule is O=C(O)C=Cc1ccccc1CSCCCO. The third kappa shape index (κ3) is 5.56. The molecule has 0 fully saturated rings. The highest BCUT2D eigenvalue weighted by molar-refractivity contribution is 7.98. The van der Waals surface area contributed by atoms with Crippen LogP contribution >= 0.6 is 11.8 Å². The zero-order valence-corrected chi connectivity index (χ0v) is 10.3. The van der Waals surface area contributed by atoms with E-state index in [0.717, 1.165) is 35.1 Å². The number of aliphatic carboxylic acids is 1. The Hall–Kier alpha value is -1.26. The fourth-order valence-electron chi connectivity index (χ4n) is 1.34. The quantitative estimate of drug-likeness (QED) is 0.578. The maximum absolute atomic E-state index is 10.5. The van der Waals surface area contributed by atoms with E-state index in [-0.39, 0.29) is 6.61 Å². The number of aliphatic hydroxyl groups is 1. The summed E-state index contributed by atoms with van der Waals surface area (Å²) in [5, 5.41) is 17.3. The van der Waals surface area contributed by atoms with Crippen molar-refractivity contribution in [3.05, 3.63) is 41.5 Å². The van der Waals surface area contributed by atoms with Crippen LogP contribution in [0.2, 0.25) is 0 Å². The van der Waals surface area contributed by atoms with Crippen molar-refractivity contribution < 1.29 is 15.0 Å². The monoisotopic (exact) mass is 252 g/mol. The minimum Gasteiger partial charge on any atom is -0.478 e. The molecule has 1 aromatic carbocycles. The van der Waals surface area contributed by atoms with Crippen LogP contribution in [0, 0.1) is 0 Å². The maximum atomic E-state index is 10.5. The number of hydrogen-bond donors (Lipinski definition) is 2. The Balaban J connectivity index is 2.61. The topological polar surface area (TPSA) is 57.5 Å². The molecule has 0 spiro atoms. The molecule has 3 nitrogen and oxygen atoms in total. The first kappa shape index (κ1) is 13.8. The molecule has 0 aliphatic carbocycles. The van der Waals surface area contributed by atoms with Crippen molar-refractivity contribution in [3.63, 3.8) is 0 Å². The summed E-state index contributed by atoms with van der Waals surface area (Å²) in [7, 11) is 0. The molecule has 1 aromatic rings. The molecule has 1 rings (SSSR count). The molecule has 17 heavy (non-hydrogen) atoms. The van der Waals surface area contributed by atoms with Gasteiger partial charge in [0.05, 0.1) is 0 Å². The van der Waals surface area contributed by atoms with Gasteiger partial charge in [-0.15, -0.1) is 0 Å². The number of carboxylic acids is 1. The normalized spacial score (nSPS) is 10.9. The second kappa shape index (κ2) is 7.92. The fraction of sp³-hybridized carbons (Fsp3) is 0.308. The van der Waals surface area contributed by atoms with Crippen LogP contribution in [-0.4, -0.2) is 28.5 Å². The first-order valence-corrected chi connectivity index (χ1v) is 6.57. The molecule has 0 radical (unpaired) electrons. The van der Waals surface area contributed by atoms with Gasteiger partial charge >= 0.3 is 5.97 Å². The zero-order chi connectivity index (χ0) is 12.5. The Bertz CT molecular complexity index is 388. The Morgan fingerprint density at radius 3 is 2.82 bits per heavy atom. The highest BCUT2D eigenvalue weighted by atomic mass is 32.2. The lowest BCUT2D eigenvalue weighted by Gasteiger charge is -2.05. The molecule has 0 saturated carbocycles. The number of aliphatic hydroxyl groups excluding tert-OH is 1. The van der Waals surface area contributed by atoms with Gasteiger partial charge in [0.2, 0.25) is 0 Å². The third-order valence-corrected chi connectivity index (χ3v) is 3.26. The molecule has 0 amide bonds. The molecule has 2 N–H and O–H groups in total. The van der Waals surface area contributed by atoms with Crippen LogP contribution in [0.15, 0.2) is 30.3 Å². The van der Waals surface area contributed by atoms with Gasteiger partial charge in [-0.3, -0.25) is 0 Å². The third-order valence-electron chi connectivity index (χ3n) is 2.16. The summed E-state index contributed by atoms with van der Waals surface area (Å²) >= 11 is 1.74. The predicted octanol–water partition coefficient (Wildman–Crippen LogP) is 2.40. The van der Waals surface area contributed by atoms with Crippen molar-refractivity contribution in [2.24, 2.45) is 0 Å². The summed E-state index contributed by atoms with van der Waals surface area (Å²) in [6.45, 7) is 0.216. The predicted molar refractivity (Wildman–Crippen MR) is 71.0 cm³/mol. The van der Waals surface area contributed by atoms with E-state index in [0.29, 0.717) is 0 Å². The second-order valence-corrected chi connectivity index (χ2v) is 4.61. The van der Waals surface area contributed by atoms with E-state index >= 15 is 0 Å². The molecule has 0 unspecified atom stereocenters. The molecule has 0 heterocycles. The van der Waals surface area contributed by atoms with Crippen LogP contribution in [0.1, 0.15) is 17.5 Å². The van der Waals surface area contributed by atoms with E-state index in [1.54, 1.807) is 17.8 Å². The highest BCUT2D eigenvalue weighted by Gasteiger charge is 1.99. The fourth-order valence-corrected chi connectivity index (χ4v) is 2.30. The molecular formula is C13H16O3S. The molecular weight excluding hydrogens is 236 g/mol. The van der Waals surface area contributed by atoms with Crippen LogP contribution in [0.4, 0.5) is 0 Å². The zero-order valence-electron chi connectivity index (χ0n) is 9.50. The van der Waals surface area contributed by atoms with Crippen molar-refractivity contribution >= 4 is 23.8 Å². The van der Waals surface area contributed by atoms with Gasteiger partial charge in [-0.05, 0) is 29.4 Å². The Morgan fingerprint density at radius 2 is 2.12 bits per heavy atom. The number of benzene rings is 1. The van der Waals surface area contributed by atoms with E-state index in [1.165, 1.54) is 0 Å². The van der Waals surface area contributed by atoms with Gasteiger partial charge in [0, 0.05) is 18.4 Å². The lowest BCUT2D eigenvalue weighted by atomic mass is 10.1. The van der Waals surface area contributed by atoms with Gasteiger partial charge in [0.15, 0.2) is 0 Å². The minimum atomic E-state index is -0.937. The highest BCUT2D eigenvalue weighted by Crippen LogP contribution is 2.18. The van der Waals surface area contributed by atoms with Crippen molar-refractivity contribution in [2.75, 3.05) is 12.4 Å². The Labute approximate surface area is 105 Å². The van der Waals surface area contributed by atoms with Crippen molar-refractivity contribution in [2.45, 2.75) is 12.2 Å². The Kier molecular flexibility index (Phi) is 6.43. The average Bonchev–Trinajstić information content (AvgIpc) is 2.33. The van der Waals surface area contributed by atoms with Crippen LogP contribution in [0.3, 0.4) is 0 Å². The van der Waals surface area contributed by atoms with Crippen molar-refractivity contribution in [3.8, 4) is 0 Å². The maximum Gasteiger partial charge on any atom is 0.328 e. The number of rotatable bonds is 7. The average molecular weight is 252 g/mol. The van der Waals surface area contributed by atoms with E-state index in [9.17, 15) is 4.79 Å². The van der Waals surface area contributed by atoms with Crippen molar-refractivity contribution in [1.82, 2.24) is 0 Å². The van der Waals surface area contributed by atoms with E-state index in [4.69, 9.17) is 10.2 Å². The summed E-state index contributed by atoms with van der Waals surface area (Å²) in [6.07, 6.45) is 3.55. The van der Waals surface area contributed by atoms with Gasteiger partial charge in [-0.25, -0.2) is 4.79 Å². The summed E-state index contributed by atoms with van der Waals surface area (Å²) in [4.78, 5) is 10.5. The molecule has 0 saturated heterocycles. The summed E-state index contributed by atoms with van der Waals surface area (Å²) < 4.78 is 0.